The Morgan fingerprint density at radius 3 is 2.60 bits per heavy atom. The van der Waals surface area contributed by atoms with Gasteiger partial charge in [-0.15, -0.1) is 0 Å². The van der Waals surface area contributed by atoms with Gasteiger partial charge in [0, 0.05) is 12.2 Å². The van der Waals surface area contributed by atoms with Gasteiger partial charge in [0.05, 0.1) is 6.10 Å². The van der Waals surface area contributed by atoms with Crippen LogP contribution in [0.3, 0.4) is 0 Å². The summed E-state index contributed by atoms with van der Waals surface area (Å²) in [6.45, 7) is 4.39. The van der Waals surface area contributed by atoms with E-state index in [-0.39, 0.29) is 24.4 Å². The van der Waals surface area contributed by atoms with E-state index in [1.54, 1.807) is 17.0 Å². The summed E-state index contributed by atoms with van der Waals surface area (Å²) >= 11 is 0. The van der Waals surface area contributed by atoms with Gasteiger partial charge in [0.2, 0.25) is 0 Å². The number of ether oxygens (including phenoxy) is 1. The maximum absolute atomic E-state index is 12.9. The lowest BCUT2D eigenvalue weighted by atomic mass is 10.1. The van der Waals surface area contributed by atoms with Crippen molar-refractivity contribution in [3.8, 4) is 0 Å². The normalized spacial score (nSPS) is 16.1. The Labute approximate surface area is 118 Å². The minimum Gasteiger partial charge on any atom is -0.368 e. The third-order valence-electron chi connectivity index (χ3n) is 3.48. The molecule has 1 heterocycles. The van der Waals surface area contributed by atoms with Crippen LogP contribution in [0.15, 0.2) is 24.3 Å². The Kier molecular flexibility index (Phi) is 5.49. The molecule has 1 aliphatic heterocycles. The second kappa shape index (κ2) is 7.36. The number of amides is 1. The summed E-state index contributed by atoms with van der Waals surface area (Å²) in [7, 11) is 0. The molecule has 110 valence electrons. The summed E-state index contributed by atoms with van der Waals surface area (Å²) in [5.41, 5.74) is 0.702. The molecule has 0 aromatic heterocycles. The molecule has 0 spiro atoms. The molecule has 5 heteroatoms. The van der Waals surface area contributed by atoms with E-state index >= 15 is 0 Å². The molecule has 2 rings (SSSR count). The van der Waals surface area contributed by atoms with Crippen molar-refractivity contribution in [1.29, 1.82) is 0 Å². The van der Waals surface area contributed by atoms with Crippen LogP contribution in [0.5, 0.6) is 0 Å². The number of nitrogens with one attached hydrogen (secondary N) is 1. The molecule has 0 unspecified atom stereocenters. The number of carbonyl (C=O) groups is 1. The smallest absolute Gasteiger partial charge is 0.252 e. The number of anilines is 1. The molecule has 0 radical (unpaired) electrons. The highest BCUT2D eigenvalue weighted by Gasteiger charge is 2.18. The van der Waals surface area contributed by atoms with Gasteiger partial charge in [0.1, 0.15) is 12.4 Å². The van der Waals surface area contributed by atoms with Gasteiger partial charge in [-0.25, -0.2) is 4.39 Å². The number of nitrogens with zero attached hydrogens (tertiary/aromatic N) is 1. The lowest BCUT2D eigenvalue weighted by molar-refractivity contribution is -0.125. The molecular weight excluding hydrogens is 259 g/mol. The Bertz CT molecular complexity index is 430. The number of hydrogen-bond acceptors (Lipinski definition) is 3. The Balaban J connectivity index is 1.89. The Hall–Kier alpha value is -1.46. The molecule has 0 aliphatic carbocycles. The van der Waals surface area contributed by atoms with Gasteiger partial charge in [-0.05, 0) is 57.1 Å². The van der Waals surface area contributed by atoms with Crippen LogP contribution < -0.4 is 10.2 Å². The number of hydrogen-bond donors (Lipinski definition) is 1. The average Bonchev–Trinajstić information content (AvgIpc) is 2.49. The van der Waals surface area contributed by atoms with E-state index < -0.39 is 0 Å². The zero-order valence-electron chi connectivity index (χ0n) is 11.8. The lowest BCUT2D eigenvalue weighted by Gasteiger charge is -2.25. The maximum Gasteiger partial charge on any atom is 0.252 e. The van der Waals surface area contributed by atoms with Gasteiger partial charge in [0.25, 0.3) is 5.91 Å². The van der Waals surface area contributed by atoms with Crippen molar-refractivity contribution in [3.05, 3.63) is 30.1 Å². The number of carbonyl (C=O) groups excluding carboxylic acids is 1. The van der Waals surface area contributed by atoms with E-state index in [0.717, 1.165) is 25.9 Å². The minimum atomic E-state index is -0.303. The van der Waals surface area contributed by atoms with Crippen LogP contribution in [-0.2, 0) is 9.53 Å². The van der Waals surface area contributed by atoms with Crippen molar-refractivity contribution in [2.75, 3.05) is 31.1 Å². The molecular formula is C15H21FN2O2. The van der Waals surface area contributed by atoms with Gasteiger partial charge in [-0.2, -0.15) is 0 Å². The molecule has 0 saturated carbocycles. The van der Waals surface area contributed by atoms with Gasteiger partial charge >= 0.3 is 0 Å². The van der Waals surface area contributed by atoms with Crippen molar-refractivity contribution in [2.24, 2.45) is 0 Å². The zero-order valence-corrected chi connectivity index (χ0v) is 11.8. The number of benzene rings is 1. The summed E-state index contributed by atoms with van der Waals surface area (Å²) in [5.74, 6) is -0.388. The summed E-state index contributed by atoms with van der Waals surface area (Å²) in [6, 6.07) is 5.94. The first kappa shape index (κ1) is 14.9. The zero-order chi connectivity index (χ0) is 14.4. The molecule has 1 aliphatic rings. The highest BCUT2D eigenvalue weighted by molar-refractivity contribution is 5.94. The summed E-state index contributed by atoms with van der Waals surface area (Å²) in [4.78, 5) is 13.8. The number of likely N-dealkylation sites (N-methyl/N-ethyl adjacent to an activating group) is 1. The van der Waals surface area contributed by atoms with Crippen LogP contribution in [0.4, 0.5) is 10.1 Å². The fourth-order valence-electron chi connectivity index (χ4n) is 2.35. The Morgan fingerprint density at radius 1 is 1.35 bits per heavy atom. The third-order valence-corrected chi connectivity index (χ3v) is 3.48. The van der Waals surface area contributed by atoms with Gasteiger partial charge in [-0.1, -0.05) is 0 Å². The molecule has 20 heavy (non-hydrogen) atoms. The third kappa shape index (κ3) is 4.02. The van der Waals surface area contributed by atoms with Gasteiger partial charge in [0.15, 0.2) is 0 Å². The van der Waals surface area contributed by atoms with E-state index in [9.17, 15) is 9.18 Å². The van der Waals surface area contributed by atoms with Crippen LogP contribution in [0.1, 0.15) is 19.8 Å². The SMILES string of the molecule is CCN(C(=O)COC1CCNCC1)c1ccc(F)cc1. The first-order valence-corrected chi connectivity index (χ1v) is 7.09. The van der Waals surface area contributed by atoms with E-state index in [1.165, 1.54) is 12.1 Å². The molecule has 0 bridgehead atoms. The van der Waals surface area contributed by atoms with Crippen molar-refractivity contribution >= 4 is 11.6 Å². The molecule has 1 aromatic rings. The molecule has 1 N–H and O–H groups in total. The van der Waals surface area contributed by atoms with Crippen LogP contribution in [0.25, 0.3) is 0 Å². The highest BCUT2D eigenvalue weighted by Crippen LogP contribution is 2.15. The maximum atomic E-state index is 12.9. The predicted molar refractivity (Wildman–Crippen MR) is 76.3 cm³/mol. The number of rotatable bonds is 5. The molecule has 4 nitrogen and oxygen atoms in total. The molecule has 1 amide bonds. The number of halogens is 1. The van der Waals surface area contributed by atoms with E-state index in [2.05, 4.69) is 5.32 Å². The standard InChI is InChI=1S/C15H21FN2O2/c1-2-18(13-5-3-12(16)4-6-13)15(19)11-20-14-7-9-17-10-8-14/h3-6,14,17H,2,7-11H2,1H3. The lowest BCUT2D eigenvalue weighted by Crippen LogP contribution is -2.38. The van der Waals surface area contributed by atoms with Crippen LogP contribution in [0, 0.1) is 5.82 Å². The van der Waals surface area contributed by atoms with Crippen molar-refractivity contribution < 1.29 is 13.9 Å². The summed E-state index contributed by atoms with van der Waals surface area (Å²) in [6.07, 6.45) is 2.04. The molecule has 1 saturated heterocycles. The molecule has 1 aromatic carbocycles. The molecule has 0 atom stereocenters. The van der Waals surface area contributed by atoms with Crippen LogP contribution >= 0.6 is 0 Å². The second-order valence-corrected chi connectivity index (χ2v) is 4.87. The van der Waals surface area contributed by atoms with Crippen molar-refractivity contribution in [2.45, 2.75) is 25.9 Å². The summed E-state index contributed by atoms with van der Waals surface area (Å²) in [5, 5.41) is 3.26. The second-order valence-electron chi connectivity index (χ2n) is 4.87. The van der Waals surface area contributed by atoms with Gasteiger partial charge in [-0.3, -0.25) is 4.79 Å². The van der Waals surface area contributed by atoms with E-state index in [1.807, 2.05) is 6.92 Å². The van der Waals surface area contributed by atoms with Crippen LogP contribution in [-0.4, -0.2) is 38.3 Å². The fourth-order valence-corrected chi connectivity index (χ4v) is 2.35. The van der Waals surface area contributed by atoms with Gasteiger partial charge < -0.3 is 15.0 Å². The average molecular weight is 280 g/mol. The number of piperidine rings is 1. The van der Waals surface area contributed by atoms with E-state index in [4.69, 9.17) is 4.74 Å². The first-order chi connectivity index (χ1) is 9.70. The van der Waals surface area contributed by atoms with Crippen molar-refractivity contribution in [1.82, 2.24) is 5.32 Å². The largest absolute Gasteiger partial charge is 0.368 e. The quantitative estimate of drug-likeness (QED) is 0.896. The van der Waals surface area contributed by atoms with Crippen molar-refractivity contribution in [3.63, 3.8) is 0 Å². The predicted octanol–water partition coefficient (Wildman–Crippen LogP) is 1.95. The minimum absolute atomic E-state index is 0.0792. The topological polar surface area (TPSA) is 41.6 Å². The molecule has 1 fully saturated rings. The van der Waals surface area contributed by atoms with Crippen LogP contribution in [0.2, 0.25) is 0 Å². The first-order valence-electron chi connectivity index (χ1n) is 7.09. The highest BCUT2D eigenvalue weighted by atomic mass is 19.1. The fraction of sp³-hybridized carbons (Fsp3) is 0.533. The monoisotopic (exact) mass is 280 g/mol. The van der Waals surface area contributed by atoms with E-state index in [0.29, 0.717) is 12.2 Å². The Morgan fingerprint density at radius 2 is 2.00 bits per heavy atom. The summed E-state index contributed by atoms with van der Waals surface area (Å²) < 4.78 is 18.6.